The highest BCUT2D eigenvalue weighted by Gasteiger charge is 2.25. The number of rotatable bonds is 3. The number of fused-ring (bicyclic) bond motifs is 1. The molecule has 4 nitrogen and oxygen atoms in total. The van der Waals surface area contributed by atoms with Crippen molar-refractivity contribution in [1.82, 2.24) is 4.98 Å². The van der Waals surface area contributed by atoms with E-state index in [1.54, 1.807) is 18.2 Å². The lowest BCUT2D eigenvalue weighted by Gasteiger charge is -2.03. The van der Waals surface area contributed by atoms with Gasteiger partial charge in [-0.05, 0) is 23.8 Å². The predicted molar refractivity (Wildman–Crippen MR) is 85.1 cm³/mol. The Balaban J connectivity index is 2.32. The fourth-order valence-electron chi connectivity index (χ4n) is 2.42. The fraction of sp³-hybridized carbons (Fsp3) is 0.0588. The SMILES string of the molecule is COC(=O)C(=O)c1c(-c2ccccc2)[nH]c2ccc(Cl)cc12. The third kappa shape index (κ3) is 2.38. The lowest BCUT2D eigenvalue weighted by Crippen LogP contribution is -2.16. The molecule has 0 unspecified atom stereocenters. The normalized spacial score (nSPS) is 10.6. The minimum Gasteiger partial charge on any atom is -0.463 e. The summed E-state index contributed by atoms with van der Waals surface area (Å²) in [5.74, 6) is -1.60. The minimum absolute atomic E-state index is 0.274. The Morgan fingerprint density at radius 3 is 2.50 bits per heavy atom. The van der Waals surface area contributed by atoms with Crippen molar-refractivity contribution in [3.8, 4) is 11.3 Å². The van der Waals surface area contributed by atoms with Crippen molar-refractivity contribution in [2.24, 2.45) is 0 Å². The summed E-state index contributed by atoms with van der Waals surface area (Å²) in [5.41, 5.74) is 2.39. The number of benzene rings is 2. The first-order valence-electron chi connectivity index (χ1n) is 6.61. The maximum atomic E-state index is 12.4. The number of carbonyl (C=O) groups excluding carboxylic acids is 2. The average Bonchev–Trinajstić information content (AvgIpc) is 2.92. The second-order valence-corrected chi connectivity index (χ2v) is 5.19. The molecule has 5 heteroatoms. The van der Waals surface area contributed by atoms with Crippen LogP contribution in [0.2, 0.25) is 5.02 Å². The predicted octanol–water partition coefficient (Wildman–Crippen LogP) is 3.84. The lowest BCUT2D eigenvalue weighted by molar-refractivity contribution is -0.135. The number of aromatic amines is 1. The largest absolute Gasteiger partial charge is 0.463 e. The monoisotopic (exact) mass is 313 g/mol. The molecule has 0 fully saturated rings. The molecule has 0 aliphatic heterocycles. The molecule has 0 amide bonds. The molecule has 1 aromatic heterocycles. The van der Waals surface area contributed by atoms with Crippen molar-refractivity contribution in [2.75, 3.05) is 7.11 Å². The molecular weight excluding hydrogens is 302 g/mol. The van der Waals surface area contributed by atoms with Crippen molar-refractivity contribution in [1.29, 1.82) is 0 Å². The molecule has 110 valence electrons. The Hall–Kier alpha value is -2.59. The lowest BCUT2D eigenvalue weighted by atomic mass is 10.0. The van der Waals surface area contributed by atoms with Gasteiger partial charge in [0.15, 0.2) is 0 Å². The summed E-state index contributed by atoms with van der Waals surface area (Å²) >= 11 is 6.02. The number of ether oxygens (including phenoxy) is 1. The minimum atomic E-state index is -0.905. The molecular formula is C17H12ClNO3. The van der Waals surface area contributed by atoms with Crippen LogP contribution in [0.25, 0.3) is 22.2 Å². The van der Waals surface area contributed by atoms with E-state index in [1.165, 1.54) is 7.11 Å². The summed E-state index contributed by atoms with van der Waals surface area (Å²) in [6, 6.07) is 14.5. The molecule has 0 saturated heterocycles. The Morgan fingerprint density at radius 1 is 1.09 bits per heavy atom. The number of nitrogens with one attached hydrogen (secondary N) is 1. The van der Waals surface area contributed by atoms with Gasteiger partial charge in [0.25, 0.3) is 5.78 Å². The number of carbonyl (C=O) groups is 2. The Morgan fingerprint density at radius 2 is 1.82 bits per heavy atom. The summed E-state index contributed by atoms with van der Waals surface area (Å²) in [4.78, 5) is 27.3. The van der Waals surface area contributed by atoms with E-state index in [2.05, 4.69) is 9.72 Å². The molecule has 0 aliphatic rings. The standard InChI is InChI=1S/C17H12ClNO3/c1-22-17(21)16(20)14-12-9-11(18)7-8-13(12)19-15(14)10-5-3-2-4-6-10/h2-9,19H,1H3. The topological polar surface area (TPSA) is 59.2 Å². The number of ketones is 1. The van der Waals surface area contributed by atoms with Gasteiger partial charge in [0.1, 0.15) is 0 Å². The number of Topliss-reactive ketones (excluding diaryl/α,β-unsaturated/α-hetero) is 1. The highest BCUT2D eigenvalue weighted by Crippen LogP contribution is 2.32. The van der Waals surface area contributed by atoms with E-state index < -0.39 is 11.8 Å². The molecule has 2 aromatic carbocycles. The van der Waals surface area contributed by atoms with Gasteiger partial charge in [-0.3, -0.25) is 4.79 Å². The maximum Gasteiger partial charge on any atom is 0.379 e. The Bertz CT molecular complexity index is 868. The highest BCUT2D eigenvalue weighted by molar-refractivity contribution is 6.44. The van der Waals surface area contributed by atoms with Gasteiger partial charge in [0, 0.05) is 15.9 Å². The van der Waals surface area contributed by atoms with Crippen molar-refractivity contribution in [2.45, 2.75) is 0 Å². The molecule has 0 atom stereocenters. The van der Waals surface area contributed by atoms with Gasteiger partial charge < -0.3 is 9.72 Å². The van der Waals surface area contributed by atoms with Crippen LogP contribution in [0, 0.1) is 0 Å². The van der Waals surface area contributed by atoms with Crippen LogP contribution < -0.4 is 0 Å². The van der Waals surface area contributed by atoms with Gasteiger partial charge >= 0.3 is 5.97 Å². The van der Waals surface area contributed by atoms with E-state index in [1.807, 2.05) is 30.3 Å². The summed E-state index contributed by atoms with van der Waals surface area (Å²) in [7, 11) is 1.18. The molecule has 0 radical (unpaired) electrons. The van der Waals surface area contributed by atoms with Gasteiger partial charge in [-0.25, -0.2) is 4.79 Å². The third-order valence-electron chi connectivity index (χ3n) is 3.42. The fourth-order valence-corrected chi connectivity index (χ4v) is 2.59. The average molecular weight is 314 g/mol. The molecule has 0 saturated carbocycles. The maximum absolute atomic E-state index is 12.4. The van der Waals surface area contributed by atoms with Gasteiger partial charge in [-0.15, -0.1) is 0 Å². The van der Waals surface area contributed by atoms with E-state index in [4.69, 9.17) is 11.6 Å². The third-order valence-corrected chi connectivity index (χ3v) is 3.66. The number of H-pyrrole nitrogens is 1. The molecule has 0 spiro atoms. The van der Waals surface area contributed by atoms with E-state index in [-0.39, 0.29) is 5.56 Å². The van der Waals surface area contributed by atoms with Crippen LogP contribution >= 0.6 is 11.6 Å². The van der Waals surface area contributed by atoms with Gasteiger partial charge in [0.05, 0.1) is 18.4 Å². The van der Waals surface area contributed by atoms with Crippen LogP contribution in [0.5, 0.6) is 0 Å². The van der Waals surface area contributed by atoms with Crippen LogP contribution in [-0.4, -0.2) is 23.8 Å². The Labute approximate surface area is 131 Å². The van der Waals surface area contributed by atoms with Crippen LogP contribution in [0.3, 0.4) is 0 Å². The Kier molecular flexibility index (Phi) is 3.69. The molecule has 0 aliphatic carbocycles. The van der Waals surface area contributed by atoms with Crippen molar-refractivity contribution in [3.05, 3.63) is 59.1 Å². The van der Waals surface area contributed by atoms with E-state index in [0.29, 0.717) is 16.1 Å². The van der Waals surface area contributed by atoms with Crippen LogP contribution in [0.1, 0.15) is 10.4 Å². The van der Waals surface area contributed by atoms with Crippen LogP contribution in [0.15, 0.2) is 48.5 Å². The molecule has 0 bridgehead atoms. The highest BCUT2D eigenvalue weighted by atomic mass is 35.5. The summed E-state index contributed by atoms with van der Waals surface area (Å²) in [6.07, 6.45) is 0. The zero-order valence-corrected chi connectivity index (χ0v) is 12.5. The second kappa shape index (κ2) is 5.66. The molecule has 22 heavy (non-hydrogen) atoms. The number of aromatic nitrogens is 1. The number of hydrogen-bond donors (Lipinski definition) is 1. The first-order valence-corrected chi connectivity index (χ1v) is 6.99. The van der Waals surface area contributed by atoms with Crippen molar-refractivity contribution in [3.63, 3.8) is 0 Å². The molecule has 3 aromatic rings. The van der Waals surface area contributed by atoms with Crippen LogP contribution in [0.4, 0.5) is 0 Å². The molecule has 1 heterocycles. The zero-order valence-electron chi connectivity index (χ0n) is 11.7. The summed E-state index contributed by atoms with van der Waals surface area (Å²) < 4.78 is 4.57. The van der Waals surface area contributed by atoms with E-state index in [0.717, 1.165) is 11.1 Å². The van der Waals surface area contributed by atoms with E-state index in [9.17, 15) is 9.59 Å². The second-order valence-electron chi connectivity index (χ2n) is 4.75. The van der Waals surface area contributed by atoms with Crippen molar-refractivity contribution >= 4 is 34.3 Å². The number of esters is 1. The zero-order chi connectivity index (χ0) is 15.7. The van der Waals surface area contributed by atoms with Gasteiger partial charge in [-0.2, -0.15) is 0 Å². The van der Waals surface area contributed by atoms with Crippen molar-refractivity contribution < 1.29 is 14.3 Å². The smallest absolute Gasteiger partial charge is 0.379 e. The quantitative estimate of drug-likeness (QED) is 0.454. The number of halogens is 1. The molecule has 3 rings (SSSR count). The van der Waals surface area contributed by atoms with E-state index >= 15 is 0 Å². The summed E-state index contributed by atoms with van der Waals surface area (Å²) in [5, 5.41) is 1.09. The van der Waals surface area contributed by atoms with Gasteiger partial charge in [0.2, 0.25) is 0 Å². The number of hydrogen-bond acceptors (Lipinski definition) is 3. The number of methoxy groups -OCH3 is 1. The van der Waals surface area contributed by atoms with Crippen LogP contribution in [-0.2, 0) is 9.53 Å². The molecule has 1 N–H and O–H groups in total. The first-order chi connectivity index (χ1) is 10.6. The first kappa shape index (κ1) is 14.4. The summed E-state index contributed by atoms with van der Waals surface area (Å²) in [6.45, 7) is 0. The van der Waals surface area contributed by atoms with Gasteiger partial charge in [-0.1, -0.05) is 41.9 Å².